The molecule has 2 unspecified atom stereocenters. The Morgan fingerprint density at radius 1 is 1.21 bits per heavy atom. The molecule has 0 spiro atoms. The van der Waals surface area contributed by atoms with Gasteiger partial charge in [-0.1, -0.05) is 24.3 Å². The predicted molar refractivity (Wildman–Crippen MR) is 106 cm³/mol. The van der Waals surface area contributed by atoms with Crippen LogP contribution < -0.4 is 10.6 Å². The number of nitrogens with zero attached hydrogens (tertiary/aromatic N) is 1. The maximum atomic E-state index is 13.2. The first-order chi connectivity index (χ1) is 14.0. The first-order valence-corrected chi connectivity index (χ1v) is 9.43. The van der Waals surface area contributed by atoms with Gasteiger partial charge in [0.05, 0.1) is 12.6 Å². The molecule has 0 aromatic heterocycles. The first kappa shape index (κ1) is 20.8. The fourth-order valence-electron chi connectivity index (χ4n) is 3.30. The monoisotopic (exact) mass is 401 g/mol. The van der Waals surface area contributed by atoms with E-state index in [2.05, 4.69) is 10.6 Å². The third-order valence-electron chi connectivity index (χ3n) is 4.74. The van der Waals surface area contributed by atoms with Crippen molar-refractivity contribution < 1.29 is 23.8 Å². The molecule has 1 saturated heterocycles. The summed E-state index contributed by atoms with van der Waals surface area (Å²) in [7, 11) is 0. The molecule has 1 aliphatic heterocycles. The molecular formula is C21H24FN3O4. The Labute approximate surface area is 168 Å². The van der Waals surface area contributed by atoms with E-state index >= 15 is 0 Å². The van der Waals surface area contributed by atoms with Gasteiger partial charge in [-0.3, -0.25) is 4.79 Å². The third-order valence-corrected chi connectivity index (χ3v) is 4.74. The Morgan fingerprint density at radius 2 is 1.90 bits per heavy atom. The quantitative estimate of drug-likeness (QED) is 0.693. The van der Waals surface area contributed by atoms with Crippen LogP contribution in [0.4, 0.5) is 14.9 Å². The number of carbonyl (C=O) groups excluding carboxylic acids is 2. The van der Waals surface area contributed by atoms with E-state index in [0.29, 0.717) is 12.2 Å². The Kier molecular flexibility index (Phi) is 6.79. The van der Waals surface area contributed by atoms with Crippen LogP contribution >= 0.6 is 0 Å². The molecule has 7 nitrogen and oxygen atoms in total. The maximum absolute atomic E-state index is 13.2. The lowest BCUT2D eigenvalue weighted by atomic mass is 9.98. The number of morpholine rings is 1. The minimum atomic E-state index is -0.580. The van der Waals surface area contributed by atoms with Crippen LogP contribution in [0.1, 0.15) is 24.2 Å². The van der Waals surface area contributed by atoms with Crippen molar-refractivity contribution >= 4 is 17.6 Å². The van der Waals surface area contributed by atoms with Gasteiger partial charge in [0.15, 0.2) is 0 Å². The van der Waals surface area contributed by atoms with E-state index in [1.54, 1.807) is 41.3 Å². The third kappa shape index (κ3) is 5.10. The molecule has 3 amide bonds. The van der Waals surface area contributed by atoms with Gasteiger partial charge in [0.25, 0.3) is 0 Å². The molecule has 0 bridgehead atoms. The molecule has 154 valence electrons. The average Bonchev–Trinajstić information content (AvgIpc) is 2.72. The second-order valence-corrected chi connectivity index (χ2v) is 6.74. The van der Waals surface area contributed by atoms with Gasteiger partial charge >= 0.3 is 6.03 Å². The van der Waals surface area contributed by atoms with E-state index < -0.39 is 12.1 Å². The highest BCUT2D eigenvalue weighted by atomic mass is 19.1. The van der Waals surface area contributed by atoms with Crippen LogP contribution in [0.2, 0.25) is 0 Å². The zero-order chi connectivity index (χ0) is 20.8. The van der Waals surface area contributed by atoms with Crippen LogP contribution in [0.3, 0.4) is 0 Å². The van der Waals surface area contributed by atoms with Crippen LogP contribution in [0.15, 0.2) is 48.5 Å². The molecule has 2 atom stereocenters. The van der Waals surface area contributed by atoms with Crippen molar-refractivity contribution in [2.75, 3.05) is 25.1 Å². The van der Waals surface area contributed by atoms with E-state index in [0.717, 1.165) is 11.1 Å². The zero-order valence-electron chi connectivity index (χ0n) is 16.1. The number of carbonyl (C=O) groups is 2. The van der Waals surface area contributed by atoms with Crippen molar-refractivity contribution in [1.82, 2.24) is 10.2 Å². The van der Waals surface area contributed by atoms with Gasteiger partial charge in [0.1, 0.15) is 18.5 Å². The Balaban J connectivity index is 1.75. The molecule has 3 N–H and O–H groups in total. The van der Waals surface area contributed by atoms with Gasteiger partial charge in [0.2, 0.25) is 5.91 Å². The number of anilines is 1. The molecular weight excluding hydrogens is 377 g/mol. The summed E-state index contributed by atoms with van der Waals surface area (Å²) in [5.74, 6) is -0.584. The van der Waals surface area contributed by atoms with Gasteiger partial charge in [-0.25, -0.2) is 9.18 Å². The number of hydrogen-bond donors (Lipinski definition) is 3. The van der Waals surface area contributed by atoms with Gasteiger partial charge in [-0.05, 0) is 42.3 Å². The Morgan fingerprint density at radius 3 is 2.52 bits per heavy atom. The first-order valence-electron chi connectivity index (χ1n) is 9.43. The SMILES string of the molecule is CCNC(=O)Nc1ccc(C2OCC(=O)N(Cc3ccc(F)cc3)C2CO)cc1. The van der Waals surface area contributed by atoms with Crippen LogP contribution in [-0.2, 0) is 16.1 Å². The predicted octanol–water partition coefficient (Wildman–Crippen LogP) is 2.43. The van der Waals surface area contributed by atoms with Crippen molar-refractivity contribution in [3.63, 3.8) is 0 Å². The second kappa shape index (κ2) is 9.49. The fourth-order valence-corrected chi connectivity index (χ4v) is 3.30. The van der Waals surface area contributed by atoms with Gasteiger partial charge in [-0.2, -0.15) is 0 Å². The fraction of sp³-hybridized carbons (Fsp3) is 0.333. The van der Waals surface area contributed by atoms with Crippen molar-refractivity contribution in [1.29, 1.82) is 0 Å². The van der Waals surface area contributed by atoms with Gasteiger partial charge in [-0.15, -0.1) is 0 Å². The molecule has 2 aromatic carbocycles. The Hall–Kier alpha value is -2.97. The number of halogens is 1. The minimum Gasteiger partial charge on any atom is -0.394 e. The second-order valence-electron chi connectivity index (χ2n) is 6.74. The molecule has 0 saturated carbocycles. The smallest absolute Gasteiger partial charge is 0.319 e. The largest absolute Gasteiger partial charge is 0.394 e. The number of urea groups is 1. The molecule has 1 aliphatic rings. The number of ether oxygens (including phenoxy) is 1. The summed E-state index contributed by atoms with van der Waals surface area (Å²) < 4.78 is 18.9. The number of amides is 3. The molecule has 0 radical (unpaired) electrons. The minimum absolute atomic E-state index is 0.110. The van der Waals surface area contributed by atoms with Crippen molar-refractivity contribution in [2.45, 2.75) is 25.6 Å². The summed E-state index contributed by atoms with van der Waals surface area (Å²) in [6, 6.07) is 12.1. The highest BCUT2D eigenvalue weighted by molar-refractivity contribution is 5.89. The highest BCUT2D eigenvalue weighted by Gasteiger charge is 2.37. The van der Waals surface area contributed by atoms with Gasteiger partial charge < -0.3 is 25.4 Å². The molecule has 8 heteroatoms. The highest BCUT2D eigenvalue weighted by Crippen LogP contribution is 2.31. The number of hydrogen-bond acceptors (Lipinski definition) is 4. The van der Waals surface area contributed by atoms with Gasteiger partial charge in [0, 0.05) is 18.8 Å². The molecule has 29 heavy (non-hydrogen) atoms. The maximum Gasteiger partial charge on any atom is 0.319 e. The number of rotatable bonds is 6. The summed E-state index contributed by atoms with van der Waals surface area (Å²) in [6.07, 6.45) is -0.517. The van der Waals surface area contributed by atoms with Crippen molar-refractivity contribution in [3.8, 4) is 0 Å². The summed E-state index contributed by atoms with van der Waals surface area (Å²) in [6.45, 7) is 2.21. The van der Waals surface area contributed by atoms with Crippen LogP contribution in [0, 0.1) is 5.82 Å². The average molecular weight is 401 g/mol. The molecule has 0 aliphatic carbocycles. The molecule has 1 heterocycles. The summed E-state index contributed by atoms with van der Waals surface area (Å²) >= 11 is 0. The summed E-state index contributed by atoms with van der Waals surface area (Å²) in [4.78, 5) is 25.6. The Bertz CT molecular complexity index is 842. The zero-order valence-corrected chi connectivity index (χ0v) is 16.1. The van der Waals surface area contributed by atoms with E-state index in [1.807, 2.05) is 6.92 Å². The van der Waals surface area contributed by atoms with E-state index in [1.165, 1.54) is 12.1 Å². The van der Waals surface area contributed by atoms with Crippen molar-refractivity contribution in [2.24, 2.45) is 0 Å². The number of aliphatic hydroxyl groups excluding tert-OH is 1. The number of benzene rings is 2. The summed E-state index contributed by atoms with van der Waals surface area (Å²) in [5.41, 5.74) is 2.16. The lowest BCUT2D eigenvalue weighted by Gasteiger charge is -2.40. The van der Waals surface area contributed by atoms with E-state index in [9.17, 15) is 19.1 Å². The summed E-state index contributed by atoms with van der Waals surface area (Å²) in [5, 5.41) is 15.3. The lowest BCUT2D eigenvalue weighted by Crippen LogP contribution is -2.52. The molecule has 3 rings (SSSR count). The van der Waals surface area contributed by atoms with Crippen LogP contribution in [-0.4, -0.2) is 47.7 Å². The normalized spacial score (nSPS) is 19.1. The van der Waals surface area contributed by atoms with Crippen LogP contribution in [0.25, 0.3) is 0 Å². The van der Waals surface area contributed by atoms with E-state index in [-0.39, 0.29) is 37.5 Å². The topological polar surface area (TPSA) is 90.9 Å². The van der Waals surface area contributed by atoms with E-state index in [4.69, 9.17) is 4.74 Å². The number of aliphatic hydroxyl groups is 1. The lowest BCUT2D eigenvalue weighted by molar-refractivity contribution is -0.162. The molecule has 2 aromatic rings. The van der Waals surface area contributed by atoms with Crippen LogP contribution in [0.5, 0.6) is 0 Å². The number of nitrogens with one attached hydrogen (secondary N) is 2. The standard InChI is InChI=1S/C21H24FN3O4/c1-2-23-21(28)24-17-9-5-15(6-10-17)20-18(12-26)25(19(27)13-29-20)11-14-3-7-16(22)8-4-14/h3-10,18,20,26H,2,11-13H2,1H3,(H2,23,24,28). The molecule has 1 fully saturated rings. The van der Waals surface area contributed by atoms with Crippen molar-refractivity contribution in [3.05, 3.63) is 65.5 Å².